The van der Waals surface area contributed by atoms with Gasteiger partial charge in [-0.3, -0.25) is 0 Å². The summed E-state index contributed by atoms with van der Waals surface area (Å²) in [6, 6.07) is 0. The third-order valence-corrected chi connectivity index (χ3v) is 12.8. The average Bonchev–Trinajstić information content (AvgIpc) is 3.43. The maximum Gasteiger partial charge on any atom is 0.186 e. The van der Waals surface area contributed by atoms with Crippen molar-refractivity contribution in [3.8, 4) is 0 Å². The van der Waals surface area contributed by atoms with Gasteiger partial charge in [0.05, 0.1) is 19.8 Å². The van der Waals surface area contributed by atoms with E-state index in [-0.39, 0.29) is 12.7 Å². The molecule has 1 aliphatic heterocycles. The molecule has 1 rings (SSSR count). The molecular formula is C49H98O8. The van der Waals surface area contributed by atoms with Crippen molar-refractivity contribution in [3.63, 3.8) is 0 Å². The van der Waals surface area contributed by atoms with Gasteiger partial charge in [-0.15, -0.1) is 0 Å². The first-order valence-corrected chi connectivity index (χ1v) is 24.2. The third kappa shape index (κ3) is 28.0. The largest absolute Gasteiger partial charge is 0.394 e. The summed E-state index contributed by atoms with van der Waals surface area (Å²) in [6.07, 6.45) is 19.2. The molecule has 1 saturated heterocycles. The summed E-state index contributed by atoms with van der Waals surface area (Å²) in [4.78, 5) is 0. The molecule has 0 aromatic carbocycles. The van der Waals surface area contributed by atoms with Crippen LogP contribution in [0.4, 0.5) is 0 Å². The Kier molecular flexibility index (Phi) is 32.0. The predicted octanol–water partition coefficient (Wildman–Crippen LogP) is 11.1. The van der Waals surface area contributed by atoms with E-state index in [9.17, 15) is 20.4 Å². The Morgan fingerprint density at radius 3 is 1.23 bits per heavy atom. The Balaban J connectivity index is 2.42. The Hall–Kier alpha value is -0.320. The number of aliphatic hydroxyl groups excluding tert-OH is 4. The van der Waals surface area contributed by atoms with Gasteiger partial charge in [-0.25, -0.2) is 0 Å². The molecule has 8 nitrogen and oxygen atoms in total. The smallest absolute Gasteiger partial charge is 0.186 e. The van der Waals surface area contributed by atoms with Crippen molar-refractivity contribution >= 4 is 0 Å². The highest BCUT2D eigenvalue weighted by Crippen LogP contribution is 2.27. The molecule has 57 heavy (non-hydrogen) atoms. The van der Waals surface area contributed by atoms with Gasteiger partial charge in [0.2, 0.25) is 0 Å². The molecule has 0 radical (unpaired) electrons. The van der Waals surface area contributed by atoms with Crippen molar-refractivity contribution in [1.29, 1.82) is 0 Å². The van der Waals surface area contributed by atoms with Gasteiger partial charge in [-0.05, 0) is 60.2 Å². The lowest BCUT2D eigenvalue weighted by atomic mass is 9.91. The van der Waals surface area contributed by atoms with E-state index in [1.807, 2.05) is 0 Å². The van der Waals surface area contributed by atoms with Crippen molar-refractivity contribution in [1.82, 2.24) is 0 Å². The Morgan fingerprint density at radius 2 is 0.842 bits per heavy atom. The highest BCUT2D eigenvalue weighted by Gasteiger charge is 2.46. The molecule has 12 atom stereocenters. The minimum Gasteiger partial charge on any atom is -0.394 e. The van der Waals surface area contributed by atoms with Crippen LogP contribution in [-0.4, -0.2) is 90.3 Å². The minimum atomic E-state index is -1.35. The summed E-state index contributed by atoms with van der Waals surface area (Å²) in [5.74, 6) is 6.06. The lowest BCUT2D eigenvalue weighted by molar-refractivity contribution is -0.198. The predicted molar refractivity (Wildman–Crippen MR) is 237 cm³/mol. The first-order valence-electron chi connectivity index (χ1n) is 24.2. The van der Waals surface area contributed by atoms with E-state index >= 15 is 0 Å². The fraction of sp³-hybridized carbons (Fsp3) is 1.00. The summed E-state index contributed by atoms with van der Waals surface area (Å²) < 4.78 is 23.9. The van der Waals surface area contributed by atoms with Gasteiger partial charge < -0.3 is 39.4 Å². The molecule has 0 aromatic heterocycles. The van der Waals surface area contributed by atoms with E-state index in [1.54, 1.807) is 0 Å². The molecule has 1 heterocycles. The van der Waals surface area contributed by atoms with E-state index in [4.69, 9.17) is 18.9 Å². The molecular weight excluding hydrogens is 717 g/mol. The van der Waals surface area contributed by atoms with E-state index in [0.29, 0.717) is 31.7 Å². The molecule has 1 aliphatic rings. The molecule has 4 N–H and O–H groups in total. The Labute approximate surface area is 353 Å². The van der Waals surface area contributed by atoms with Crippen LogP contribution in [-0.2, 0) is 18.9 Å². The van der Waals surface area contributed by atoms with Crippen LogP contribution >= 0.6 is 0 Å². The first kappa shape index (κ1) is 54.7. The summed E-state index contributed by atoms with van der Waals surface area (Å²) in [5.41, 5.74) is 0. The minimum absolute atomic E-state index is 0.128. The van der Waals surface area contributed by atoms with Crippen LogP contribution in [0.5, 0.6) is 0 Å². The van der Waals surface area contributed by atoms with Gasteiger partial charge in [0.1, 0.15) is 30.5 Å². The SMILES string of the molecule is CC(C)CCC[C@@H](C)CCC[C@@H](C)CCCC(C)CCOC[C@@H](CO[C@@H]1O[C@H]([C@H](O)CO)[C@H](O)[C@H]1O)OCCC(C)CCC[C@H](C)CCC[C@H](C)CCCC(C)C. The summed E-state index contributed by atoms with van der Waals surface area (Å²) in [5, 5.41) is 40.2. The maximum atomic E-state index is 10.5. The van der Waals surface area contributed by atoms with Crippen molar-refractivity contribution in [3.05, 3.63) is 0 Å². The molecule has 8 heteroatoms. The highest BCUT2D eigenvalue weighted by atomic mass is 16.7. The lowest BCUT2D eigenvalue weighted by Crippen LogP contribution is -2.40. The van der Waals surface area contributed by atoms with Gasteiger partial charge in [0.25, 0.3) is 0 Å². The number of hydrogen-bond donors (Lipinski definition) is 4. The second-order valence-electron chi connectivity index (χ2n) is 20.2. The van der Waals surface area contributed by atoms with Crippen LogP contribution in [0, 0.1) is 47.3 Å². The topological polar surface area (TPSA) is 118 Å². The summed E-state index contributed by atoms with van der Waals surface area (Å²) in [7, 11) is 0. The zero-order chi connectivity index (χ0) is 42.6. The average molecular weight is 815 g/mol. The number of rotatable bonds is 38. The van der Waals surface area contributed by atoms with Gasteiger partial charge in [0, 0.05) is 13.2 Å². The van der Waals surface area contributed by atoms with Crippen LogP contribution < -0.4 is 0 Å². The van der Waals surface area contributed by atoms with Gasteiger partial charge in [-0.2, -0.15) is 0 Å². The molecule has 1 fully saturated rings. The normalized spacial score (nSPS) is 23.2. The molecule has 0 saturated carbocycles. The summed E-state index contributed by atoms with van der Waals surface area (Å²) >= 11 is 0. The third-order valence-electron chi connectivity index (χ3n) is 12.8. The molecule has 2 unspecified atom stereocenters. The quantitative estimate of drug-likeness (QED) is 0.0455. The van der Waals surface area contributed by atoms with Crippen molar-refractivity contribution in [2.75, 3.05) is 33.0 Å². The van der Waals surface area contributed by atoms with Crippen LogP contribution in [0.25, 0.3) is 0 Å². The van der Waals surface area contributed by atoms with E-state index < -0.39 is 37.3 Å². The molecule has 0 aromatic rings. The van der Waals surface area contributed by atoms with Gasteiger partial charge in [-0.1, -0.05) is 185 Å². The number of hydrogen-bond acceptors (Lipinski definition) is 8. The van der Waals surface area contributed by atoms with E-state index in [1.165, 1.54) is 116 Å². The van der Waals surface area contributed by atoms with Crippen molar-refractivity contribution < 1.29 is 39.4 Å². The van der Waals surface area contributed by atoms with E-state index in [0.717, 1.165) is 48.3 Å². The number of ether oxygens (including phenoxy) is 4. The second-order valence-corrected chi connectivity index (χ2v) is 20.2. The second kappa shape index (κ2) is 33.3. The number of aliphatic hydroxyl groups is 4. The van der Waals surface area contributed by atoms with Crippen molar-refractivity contribution in [2.24, 2.45) is 47.3 Å². The van der Waals surface area contributed by atoms with Gasteiger partial charge >= 0.3 is 0 Å². The van der Waals surface area contributed by atoms with Crippen molar-refractivity contribution in [2.45, 2.75) is 234 Å². The van der Waals surface area contributed by atoms with Crippen LogP contribution in [0.1, 0.15) is 198 Å². The first-order chi connectivity index (χ1) is 27.1. The zero-order valence-electron chi connectivity index (χ0n) is 39.2. The highest BCUT2D eigenvalue weighted by molar-refractivity contribution is 4.90. The molecule has 342 valence electrons. The molecule has 0 aliphatic carbocycles. The Morgan fingerprint density at radius 1 is 0.474 bits per heavy atom. The Bertz CT molecular complexity index is 903. The monoisotopic (exact) mass is 815 g/mol. The summed E-state index contributed by atoms with van der Waals surface area (Å²) in [6.45, 7) is 24.8. The van der Waals surface area contributed by atoms with Gasteiger partial charge in [0.15, 0.2) is 6.29 Å². The van der Waals surface area contributed by atoms with Crippen LogP contribution in [0.3, 0.4) is 0 Å². The molecule has 0 amide bonds. The fourth-order valence-electron chi connectivity index (χ4n) is 8.39. The molecule has 0 bridgehead atoms. The lowest BCUT2D eigenvalue weighted by Gasteiger charge is -2.23. The van der Waals surface area contributed by atoms with Crippen LogP contribution in [0.2, 0.25) is 0 Å². The zero-order valence-corrected chi connectivity index (χ0v) is 39.2. The fourth-order valence-corrected chi connectivity index (χ4v) is 8.39. The molecule has 0 spiro atoms. The van der Waals surface area contributed by atoms with E-state index in [2.05, 4.69) is 69.2 Å². The maximum absolute atomic E-state index is 10.5. The van der Waals surface area contributed by atoms with Crippen LogP contribution in [0.15, 0.2) is 0 Å². The standard InChI is InChI=1S/C49H98O8/c1-36(2)17-11-19-38(5)21-13-23-40(7)25-15-27-42(9)29-31-54-34-44(35-56-49-47(53)46(52)48(57-49)45(51)33-50)55-32-30-43(10)28-16-26-41(8)24-14-22-39(6)20-12-18-37(3)4/h36-53H,11-35H2,1-10H3/t38-,39-,40-,41-,42?,43?,44+,45-,46-,47-,48-,49-/m1/s1.